The predicted octanol–water partition coefficient (Wildman–Crippen LogP) is 2.79. The molecule has 1 saturated carbocycles. The van der Waals surface area contributed by atoms with Crippen LogP contribution in [0.1, 0.15) is 43.9 Å². The molecule has 2 aliphatic heterocycles. The number of hydrogen-bond donors (Lipinski definition) is 5. The molecule has 0 bridgehead atoms. The summed E-state index contributed by atoms with van der Waals surface area (Å²) in [6.07, 6.45) is 1.42. The first-order chi connectivity index (χ1) is 19.4. The minimum Gasteiger partial charge on any atom is -0.387 e. The molecule has 17 heteroatoms. The molecule has 5 N–H and O–H groups in total. The zero-order valence-corrected chi connectivity index (χ0v) is 24.3. The number of benzene rings is 1. The molecule has 2 unspecified atom stereocenters. The van der Waals surface area contributed by atoms with Crippen LogP contribution in [0.5, 0.6) is 0 Å². The third-order valence-electron chi connectivity index (χ3n) is 8.08. The first kappa shape index (κ1) is 29.1. The Hall–Kier alpha value is -1.96. The van der Waals surface area contributed by atoms with Crippen LogP contribution in [0.2, 0.25) is 5.28 Å². The highest BCUT2D eigenvalue weighted by molar-refractivity contribution is 7.70. The fourth-order valence-electron chi connectivity index (χ4n) is 6.29. The molecule has 5 atom stereocenters. The number of ether oxygens (including phenoxy) is 1. The van der Waals surface area contributed by atoms with Gasteiger partial charge in [-0.25, -0.2) is 4.98 Å². The van der Waals surface area contributed by atoms with E-state index in [9.17, 15) is 24.2 Å². The Morgan fingerprint density at radius 3 is 2.54 bits per heavy atom. The highest BCUT2D eigenvalue weighted by atomic mass is 35.5. The first-order valence-corrected chi connectivity index (χ1v) is 17.1. The van der Waals surface area contributed by atoms with Gasteiger partial charge in [0.2, 0.25) is 5.28 Å². The average Bonchev–Trinajstić information content (AvgIpc) is 3.55. The monoisotopic (exact) mass is 629 g/mol. The number of aromatic nitrogens is 4. The van der Waals surface area contributed by atoms with Gasteiger partial charge in [-0.15, -0.1) is 0 Å². The molecule has 1 spiro atoms. The van der Waals surface area contributed by atoms with Crippen molar-refractivity contribution in [3.05, 3.63) is 41.4 Å². The van der Waals surface area contributed by atoms with Crippen molar-refractivity contribution in [2.24, 2.45) is 0 Å². The van der Waals surface area contributed by atoms with E-state index >= 15 is 0 Å². The van der Waals surface area contributed by atoms with Crippen LogP contribution in [-0.2, 0) is 23.8 Å². The van der Waals surface area contributed by atoms with E-state index in [2.05, 4.69) is 32.0 Å². The van der Waals surface area contributed by atoms with E-state index < -0.39 is 52.2 Å². The summed E-state index contributed by atoms with van der Waals surface area (Å²) in [5, 5.41) is 21.3. The van der Waals surface area contributed by atoms with E-state index in [0.717, 1.165) is 31.4 Å². The lowest BCUT2D eigenvalue weighted by molar-refractivity contribution is -0.0483. The number of halogens is 1. The van der Waals surface area contributed by atoms with Crippen molar-refractivity contribution in [1.82, 2.24) is 19.5 Å². The highest BCUT2D eigenvalue weighted by Gasteiger charge is 2.47. The van der Waals surface area contributed by atoms with Gasteiger partial charge in [-0.2, -0.15) is 9.97 Å². The van der Waals surface area contributed by atoms with Gasteiger partial charge in [0.15, 0.2) is 29.1 Å². The molecule has 6 rings (SSSR count). The van der Waals surface area contributed by atoms with Crippen LogP contribution in [0.3, 0.4) is 0 Å². The van der Waals surface area contributed by atoms with Gasteiger partial charge in [-0.1, -0.05) is 37.5 Å². The zero-order chi connectivity index (χ0) is 29.2. The van der Waals surface area contributed by atoms with Gasteiger partial charge < -0.3 is 39.1 Å². The van der Waals surface area contributed by atoms with Crippen LogP contribution in [0.4, 0.5) is 11.5 Å². The number of anilines is 2. The minimum absolute atomic E-state index is 0.00478. The summed E-state index contributed by atoms with van der Waals surface area (Å²) in [4.78, 5) is 43.3. The number of nitrogens with zero attached hydrogens (tertiary/aromatic N) is 5. The molecule has 3 aromatic rings. The lowest BCUT2D eigenvalue weighted by atomic mass is 9.71. The summed E-state index contributed by atoms with van der Waals surface area (Å²) in [5.41, 5.74) is 2.93. The molecule has 0 amide bonds. The summed E-state index contributed by atoms with van der Waals surface area (Å²) in [7, 11) is -9.54. The maximum absolute atomic E-state index is 12.1. The Labute approximate surface area is 239 Å². The second-order valence-electron chi connectivity index (χ2n) is 10.9. The van der Waals surface area contributed by atoms with E-state index in [0.29, 0.717) is 17.9 Å². The second kappa shape index (κ2) is 10.6. The SMILES string of the molecule is O=P(O)(O)CP(=O)(O)OC[C@H]1O[C@@H](n2cnc3c(N4CC5(CCCCC5)c5ccccc54)nc(Cl)nc32)C(O)[C@H]1O. The molecule has 1 aromatic carbocycles. The number of imidazole rings is 1. The molecule has 41 heavy (non-hydrogen) atoms. The van der Waals surface area contributed by atoms with Gasteiger partial charge in [0.1, 0.15) is 18.3 Å². The smallest absolute Gasteiger partial charge is 0.340 e. The summed E-state index contributed by atoms with van der Waals surface area (Å²) in [5.74, 6) is -0.889. The fraction of sp³-hybridized carbons (Fsp3) is 0.542. The van der Waals surface area contributed by atoms with Gasteiger partial charge in [0.25, 0.3) is 0 Å². The average molecular weight is 630 g/mol. The Morgan fingerprint density at radius 1 is 1.07 bits per heavy atom. The number of aliphatic hydroxyl groups is 2. The van der Waals surface area contributed by atoms with Crippen LogP contribution in [-0.4, -0.2) is 81.8 Å². The van der Waals surface area contributed by atoms with Crippen LogP contribution in [0, 0.1) is 0 Å². The Balaban J connectivity index is 1.30. The summed E-state index contributed by atoms with van der Waals surface area (Å²) < 4.78 is 35.1. The van der Waals surface area contributed by atoms with Crippen molar-refractivity contribution in [3.63, 3.8) is 0 Å². The van der Waals surface area contributed by atoms with Crippen molar-refractivity contribution in [2.75, 3.05) is 24.0 Å². The van der Waals surface area contributed by atoms with Crippen LogP contribution >= 0.6 is 26.8 Å². The Kier molecular flexibility index (Phi) is 7.56. The van der Waals surface area contributed by atoms with E-state index in [-0.39, 0.29) is 16.3 Å². The standard InChI is InChI=1S/C24H30ClN5O9P2/c25-23-27-20(29-11-24(8-4-1-5-9-24)14-6-2-3-7-15(14)29)17-21(28-23)30(12-26-17)22-19(32)18(31)16(39-22)10-38-41(36,37)13-40(33,34)35/h2-3,6-7,12,16,18-19,22,31-32H,1,4-5,8-11,13H2,(H,36,37)(H2,33,34,35)/t16-,18+,19?,22-/m1/s1. The van der Waals surface area contributed by atoms with E-state index in [1.54, 1.807) is 0 Å². The molecule has 0 radical (unpaired) electrons. The highest BCUT2D eigenvalue weighted by Crippen LogP contribution is 2.56. The number of para-hydroxylation sites is 1. The van der Waals surface area contributed by atoms with Gasteiger partial charge >= 0.3 is 15.2 Å². The molecular formula is C24H30ClN5O9P2. The molecule has 4 heterocycles. The number of aliphatic hydroxyl groups excluding tert-OH is 2. The predicted molar refractivity (Wildman–Crippen MR) is 147 cm³/mol. The molecule has 222 valence electrons. The Bertz CT molecular complexity index is 1560. The van der Waals surface area contributed by atoms with Crippen molar-refractivity contribution in [3.8, 4) is 0 Å². The summed E-state index contributed by atoms with van der Waals surface area (Å²) in [6, 6.07) is 8.23. The zero-order valence-electron chi connectivity index (χ0n) is 21.7. The normalized spacial score (nSPS) is 27.4. The molecule has 1 aliphatic carbocycles. The van der Waals surface area contributed by atoms with E-state index in [1.165, 1.54) is 22.9 Å². The minimum atomic E-state index is -4.84. The quantitative estimate of drug-likeness (QED) is 0.189. The fourth-order valence-corrected chi connectivity index (χ4v) is 9.01. The molecule has 3 aliphatic rings. The van der Waals surface area contributed by atoms with Crippen LogP contribution in [0.15, 0.2) is 30.6 Å². The van der Waals surface area contributed by atoms with Gasteiger partial charge in [-0.05, 0) is 36.1 Å². The maximum Gasteiger partial charge on any atom is 0.340 e. The number of rotatable bonds is 7. The van der Waals surface area contributed by atoms with Gasteiger partial charge in [0, 0.05) is 17.6 Å². The summed E-state index contributed by atoms with van der Waals surface area (Å²) in [6.45, 7) is 0.000919. The largest absolute Gasteiger partial charge is 0.387 e. The van der Waals surface area contributed by atoms with Gasteiger partial charge in [0.05, 0.1) is 12.9 Å². The molecular weight excluding hydrogens is 600 g/mol. The summed E-state index contributed by atoms with van der Waals surface area (Å²) >= 11 is 6.40. The third kappa shape index (κ3) is 5.47. The van der Waals surface area contributed by atoms with Crippen LogP contribution in [0.25, 0.3) is 11.2 Å². The van der Waals surface area contributed by atoms with E-state index in [4.69, 9.17) is 30.6 Å². The lowest BCUT2D eigenvalue weighted by Gasteiger charge is -2.34. The molecule has 1 saturated heterocycles. The van der Waals surface area contributed by atoms with E-state index in [1.807, 2.05) is 12.1 Å². The third-order valence-corrected chi connectivity index (χ3v) is 11.7. The molecule has 2 aromatic heterocycles. The van der Waals surface area contributed by atoms with Crippen LogP contribution < -0.4 is 4.90 Å². The number of hydrogen-bond acceptors (Lipinski definition) is 10. The Morgan fingerprint density at radius 2 is 1.80 bits per heavy atom. The molecule has 14 nitrogen and oxygen atoms in total. The second-order valence-corrected chi connectivity index (χ2v) is 15.2. The van der Waals surface area contributed by atoms with Crippen molar-refractivity contribution in [2.45, 2.75) is 62.1 Å². The first-order valence-electron chi connectivity index (χ1n) is 13.2. The van der Waals surface area contributed by atoms with Crippen molar-refractivity contribution in [1.29, 1.82) is 0 Å². The lowest BCUT2D eigenvalue weighted by Crippen LogP contribution is -2.34. The maximum atomic E-state index is 12.1. The van der Waals surface area contributed by atoms with Gasteiger partial charge in [-0.3, -0.25) is 13.7 Å². The van der Waals surface area contributed by atoms with Crippen molar-refractivity contribution < 1.29 is 43.3 Å². The molecule has 2 fully saturated rings. The van der Waals surface area contributed by atoms with Crippen molar-refractivity contribution >= 4 is 49.5 Å². The topological polar surface area (TPSA) is 201 Å². The number of fused-ring (bicyclic) bond motifs is 3.